The van der Waals surface area contributed by atoms with Gasteiger partial charge in [-0.1, -0.05) is 50.5 Å². The lowest BCUT2D eigenvalue weighted by Crippen LogP contribution is -2.40. The van der Waals surface area contributed by atoms with Gasteiger partial charge in [0.05, 0.1) is 10.3 Å². The van der Waals surface area contributed by atoms with Crippen LogP contribution in [0.15, 0.2) is 53.4 Å². The van der Waals surface area contributed by atoms with E-state index in [0.29, 0.717) is 11.7 Å². The summed E-state index contributed by atoms with van der Waals surface area (Å²) in [6.45, 7) is 2.10. The van der Waals surface area contributed by atoms with Gasteiger partial charge in [0.2, 0.25) is 5.91 Å². The highest BCUT2D eigenvalue weighted by atomic mass is 32.2. The van der Waals surface area contributed by atoms with E-state index in [0.717, 1.165) is 49.7 Å². The smallest absolute Gasteiger partial charge is 0.475 e. The normalized spacial score (nSPS) is 16.9. The highest BCUT2D eigenvalue weighted by Crippen LogP contribution is 2.49. The molecule has 2 aliphatic rings. The Morgan fingerprint density at radius 1 is 1.00 bits per heavy atom. The first kappa shape index (κ1) is 28.5. The Morgan fingerprint density at radius 2 is 1.54 bits per heavy atom. The Labute approximate surface area is 214 Å². The predicted molar refractivity (Wildman–Crippen MR) is 133 cm³/mol. The Balaban J connectivity index is 0.000000479. The van der Waals surface area contributed by atoms with Crippen LogP contribution in [0.3, 0.4) is 0 Å². The van der Waals surface area contributed by atoms with Gasteiger partial charge >= 0.3 is 12.1 Å². The summed E-state index contributed by atoms with van der Waals surface area (Å²) in [5.41, 5.74) is 2.16. The lowest BCUT2D eigenvalue weighted by molar-refractivity contribution is -0.192. The number of hydrogen-bond acceptors (Lipinski definition) is 4. The topological polar surface area (TPSA) is 113 Å². The van der Waals surface area contributed by atoms with E-state index in [1.54, 1.807) is 24.3 Å². The second-order valence-electron chi connectivity index (χ2n) is 9.42. The van der Waals surface area contributed by atoms with Crippen LogP contribution < -0.4 is 10.0 Å². The molecule has 4 rings (SSSR count). The lowest BCUT2D eigenvalue weighted by atomic mass is 9.94. The summed E-state index contributed by atoms with van der Waals surface area (Å²) in [5.74, 6) is -2.64. The zero-order valence-corrected chi connectivity index (χ0v) is 21.3. The maximum Gasteiger partial charge on any atom is 0.490 e. The minimum atomic E-state index is -5.08. The monoisotopic (exact) mass is 540 g/mol. The Bertz CT molecular complexity index is 1190. The van der Waals surface area contributed by atoms with Crippen LogP contribution in [0.1, 0.15) is 63.0 Å². The Kier molecular flexibility index (Phi) is 8.88. The third-order valence-corrected chi connectivity index (χ3v) is 7.98. The molecule has 0 aromatic heterocycles. The fraction of sp³-hybridized carbons (Fsp3) is 0.462. The Morgan fingerprint density at radius 3 is 2.00 bits per heavy atom. The van der Waals surface area contributed by atoms with Gasteiger partial charge in [0.25, 0.3) is 10.0 Å². The Hall–Kier alpha value is -3.08. The van der Waals surface area contributed by atoms with E-state index in [4.69, 9.17) is 9.90 Å². The molecule has 0 radical (unpaired) electrons. The van der Waals surface area contributed by atoms with Gasteiger partial charge in [-0.2, -0.15) is 13.2 Å². The molecule has 2 saturated carbocycles. The van der Waals surface area contributed by atoms with Gasteiger partial charge in [0, 0.05) is 11.7 Å². The quantitative estimate of drug-likeness (QED) is 0.428. The van der Waals surface area contributed by atoms with E-state index in [1.165, 1.54) is 12.8 Å². The van der Waals surface area contributed by atoms with Gasteiger partial charge in [-0.3, -0.25) is 9.52 Å². The van der Waals surface area contributed by atoms with Crippen molar-refractivity contribution in [2.45, 2.75) is 80.8 Å². The summed E-state index contributed by atoms with van der Waals surface area (Å²) in [4.78, 5) is 22.0. The lowest BCUT2D eigenvalue weighted by Gasteiger charge is -2.20. The van der Waals surface area contributed by atoms with Crippen molar-refractivity contribution in [2.75, 3.05) is 4.72 Å². The second-order valence-corrected chi connectivity index (χ2v) is 11.1. The zero-order chi connectivity index (χ0) is 27.3. The number of nitrogens with one attached hydrogen (secondary N) is 2. The van der Waals surface area contributed by atoms with Crippen molar-refractivity contribution in [3.8, 4) is 0 Å². The third-order valence-electron chi connectivity index (χ3n) is 6.58. The number of carboxylic acid groups (broad SMARTS) is 1. The maximum absolute atomic E-state index is 12.8. The number of alkyl halides is 3. The molecular formula is C26H31F3N2O5S. The van der Waals surface area contributed by atoms with Gasteiger partial charge in [0.15, 0.2) is 0 Å². The first-order chi connectivity index (χ1) is 17.4. The second kappa shape index (κ2) is 11.5. The minimum Gasteiger partial charge on any atom is -0.475 e. The number of hydrogen-bond donors (Lipinski definition) is 3. The molecule has 0 bridgehead atoms. The molecule has 2 aliphatic carbocycles. The molecule has 2 fully saturated rings. The van der Waals surface area contributed by atoms with Crippen molar-refractivity contribution in [1.29, 1.82) is 0 Å². The number of aryl methyl sites for hydroxylation is 1. The van der Waals surface area contributed by atoms with Crippen LogP contribution >= 0.6 is 0 Å². The molecule has 0 heterocycles. The molecule has 1 amide bonds. The van der Waals surface area contributed by atoms with Crippen LogP contribution in [0, 0.1) is 0 Å². The van der Waals surface area contributed by atoms with Crippen LogP contribution in [-0.4, -0.2) is 37.6 Å². The van der Waals surface area contributed by atoms with Crippen LogP contribution in [0.2, 0.25) is 0 Å². The summed E-state index contributed by atoms with van der Waals surface area (Å²) >= 11 is 0. The number of rotatable bonds is 8. The van der Waals surface area contributed by atoms with E-state index < -0.39 is 27.6 Å². The highest BCUT2D eigenvalue weighted by molar-refractivity contribution is 7.92. The van der Waals surface area contributed by atoms with Crippen molar-refractivity contribution < 1.29 is 36.3 Å². The first-order valence-electron chi connectivity index (χ1n) is 12.2. The number of aliphatic carboxylic acids is 1. The summed E-state index contributed by atoms with van der Waals surface area (Å²) in [6, 6.07) is 14.6. The molecule has 202 valence electrons. The summed E-state index contributed by atoms with van der Waals surface area (Å²) in [5, 5.41) is 10.3. The van der Waals surface area contributed by atoms with E-state index >= 15 is 0 Å². The van der Waals surface area contributed by atoms with Gasteiger partial charge in [-0.15, -0.1) is 0 Å². The number of carbonyl (C=O) groups excluding carboxylic acids is 1. The van der Waals surface area contributed by atoms with E-state index in [-0.39, 0.29) is 10.8 Å². The zero-order valence-electron chi connectivity index (χ0n) is 20.5. The number of halogens is 3. The van der Waals surface area contributed by atoms with Gasteiger partial charge < -0.3 is 10.4 Å². The SMILES string of the molecule is CCCc1ccc(S(=O)(=O)Nc2ccc(C3(C(=O)NC4CCCC4)CC3)cc2)cc1.O=C(O)C(F)(F)F. The first-order valence-corrected chi connectivity index (χ1v) is 13.7. The molecule has 0 saturated heterocycles. The van der Waals surface area contributed by atoms with E-state index in [2.05, 4.69) is 17.0 Å². The van der Waals surface area contributed by atoms with Gasteiger partial charge in [-0.25, -0.2) is 13.2 Å². The van der Waals surface area contributed by atoms with Crippen LogP contribution in [0.4, 0.5) is 18.9 Å². The van der Waals surface area contributed by atoms with Crippen molar-refractivity contribution in [3.05, 3.63) is 59.7 Å². The third kappa shape index (κ3) is 7.47. The molecule has 0 aliphatic heterocycles. The molecule has 7 nitrogen and oxygen atoms in total. The maximum atomic E-state index is 12.8. The average molecular weight is 541 g/mol. The van der Waals surface area contributed by atoms with Crippen molar-refractivity contribution in [2.24, 2.45) is 0 Å². The van der Waals surface area contributed by atoms with Gasteiger partial charge in [0.1, 0.15) is 0 Å². The number of benzene rings is 2. The van der Waals surface area contributed by atoms with Crippen LogP contribution in [-0.2, 0) is 31.4 Å². The fourth-order valence-corrected chi connectivity index (χ4v) is 5.42. The fourth-order valence-electron chi connectivity index (χ4n) is 4.36. The molecular weight excluding hydrogens is 509 g/mol. The van der Waals surface area contributed by atoms with Crippen molar-refractivity contribution in [1.82, 2.24) is 5.32 Å². The van der Waals surface area contributed by atoms with E-state index in [9.17, 15) is 26.4 Å². The van der Waals surface area contributed by atoms with Crippen molar-refractivity contribution >= 4 is 27.6 Å². The molecule has 0 spiro atoms. The van der Waals surface area contributed by atoms with Crippen molar-refractivity contribution in [3.63, 3.8) is 0 Å². The molecule has 11 heteroatoms. The molecule has 3 N–H and O–H groups in total. The van der Waals surface area contributed by atoms with Crippen LogP contribution in [0.25, 0.3) is 0 Å². The van der Waals surface area contributed by atoms with E-state index in [1.807, 2.05) is 24.3 Å². The summed E-state index contributed by atoms with van der Waals surface area (Å²) < 4.78 is 59.8. The minimum absolute atomic E-state index is 0.120. The predicted octanol–water partition coefficient (Wildman–Crippen LogP) is 5.16. The van der Waals surface area contributed by atoms with Gasteiger partial charge in [-0.05, 0) is 67.5 Å². The highest BCUT2D eigenvalue weighted by Gasteiger charge is 2.51. The average Bonchev–Trinajstić information content (AvgIpc) is 3.49. The van der Waals surface area contributed by atoms with Crippen LogP contribution in [0.5, 0.6) is 0 Å². The molecule has 2 aromatic rings. The standard InChI is InChI=1S/C24H30N2O3S.C2HF3O2/c1-2-5-18-8-14-22(15-9-18)30(28,29)26-21-12-10-19(11-13-21)24(16-17-24)23(27)25-20-6-3-4-7-20;3-2(4,5)1(6)7/h8-15,20,26H,2-7,16-17H2,1H3,(H,25,27);(H,6,7). The number of sulfonamides is 1. The largest absolute Gasteiger partial charge is 0.490 e. The molecule has 2 aromatic carbocycles. The summed E-state index contributed by atoms with van der Waals surface area (Å²) in [6.07, 6.45) is 3.09. The summed E-state index contributed by atoms with van der Waals surface area (Å²) in [7, 11) is -3.64. The number of carboxylic acids is 1. The molecule has 37 heavy (non-hydrogen) atoms. The number of carbonyl (C=O) groups is 2. The molecule has 0 atom stereocenters. The number of anilines is 1. The number of amides is 1. The molecule has 0 unspecified atom stereocenters.